The lowest BCUT2D eigenvalue weighted by Gasteiger charge is -2.57. The molecule has 0 unspecified atom stereocenters. The van der Waals surface area contributed by atoms with E-state index in [1.807, 2.05) is 0 Å². The molecule has 3 heterocycles. The third-order valence-electron chi connectivity index (χ3n) is 11.1. The molecule has 0 saturated heterocycles. The van der Waals surface area contributed by atoms with E-state index in [1.165, 1.54) is 104 Å². The van der Waals surface area contributed by atoms with Gasteiger partial charge in [0.15, 0.2) is 6.20 Å². The van der Waals surface area contributed by atoms with Crippen molar-refractivity contribution in [1.29, 1.82) is 0 Å². The van der Waals surface area contributed by atoms with Crippen LogP contribution in [0.3, 0.4) is 0 Å². The number of fused-ring (bicyclic) bond motifs is 5. The predicted octanol–water partition coefficient (Wildman–Crippen LogP) is 8.21. The third-order valence-corrected chi connectivity index (χ3v) is 11.1. The van der Waals surface area contributed by atoms with Gasteiger partial charge < -0.3 is 4.40 Å². The summed E-state index contributed by atoms with van der Waals surface area (Å²) >= 11 is 0. The number of hydrogen-bond donors (Lipinski definition) is 0. The number of hydrogen-bond acceptors (Lipinski definition) is 0. The Morgan fingerprint density at radius 1 is 0.784 bits per heavy atom. The summed E-state index contributed by atoms with van der Waals surface area (Å²) in [6.07, 6.45) is 11.0. The molecule has 0 amide bonds. The molecular formula is C35H35N2+. The SMILES string of the molecule is Cc1ccc2c(c1)c1cc(C)c(C)c3c1n2c1cc(C24CC5CC(CC(C5)C2)C4)cc2cc[n+](C)c3c21. The van der Waals surface area contributed by atoms with Crippen LogP contribution in [0.4, 0.5) is 0 Å². The molecule has 4 aliphatic carbocycles. The molecular weight excluding hydrogens is 448 g/mol. The maximum absolute atomic E-state index is 2.65. The van der Waals surface area contributed by atoms with Crippen molar-refractivity contribution in [2.75, 3.05) is 0 Å². The molecule has 0 N–H and O–H groups in total. The van der Waals surface area contributed by atoms with Crippen LogP contribution in [0.25, 0.3) is 49.0 Å². The number of rotatable bonds is 1. The highest BCUT2D eigenvalue weighted by Crippen LogP contribution is 2.61. The quantitative estimate of drug-likeness (QED) is 0.127. The van der Waals surface area contributed by atoms with Gasteiger partial charge in [-0.1, -0.05) is 11.6 Å². The van der Waals surface area contributed by atoms with Gasteiger partial charge >= 0.3 is 0 Å². The number of pyridine rings is 2. The van der Waals surface area contributed by atoms with Crippen molar-refractivity contribution < 1.29 is 4.57 Å². The summed E-state index contributed by atoms with van der Waals surface area (Å²) in [4.78, 5) is 0. The Hall–Kier alpha value is -3.13. The normalized spacial score (nSPS) is 27.2. The Labute approximate surface area is 218 Å². The first-order chi connectivity index (χ1) is 17.9. The molecule has 2 heteroatoms. The van der Waals surface area contributed by atoms with Crippen molar-refractivity contribution in [1.82, 2.24) is 4.40 Å². The highest BCUT2D eigenvalue weighted by atomic mass is 15.0. The molecule has 4 fully saturated rings. The lowest BCUT2D eigenvalue weighted by Crippen LogP contribution is -2.48. The molecule has 37 heavy (non-hydrogen) atoms. The summed E-state index contributed by atoms with van der Waals surface area (Å²) in [6.45, 7) is 6.84. The third kappa shape index (κ3) is 2.50. The van der Waals surface area contributed by atoms with E-state index in [1.54, 1.807) is 5.56 Å². The molecule has 3 aromatic heterocycles. The van der Waals surface area contributed by atoms with Gasteiger partial charge in [-0.2, -0.15) is 0 Å². The van der Waals surface area contributed by atoms with Crippen molar-refractivity contribution in [3.63, 3.8) is 0 Å². The van der Waals surface area contributed by atoms with E-state index < -0.39 is 0 Å². The molecule has 3 aromatic carbocycles. The Balaban J connectivity index is 1.51. The Morgan fingerprint density at radius 3 is 2.24 bits per heavy atom. The van der Waals surface area contributed by atoms with Crippen LogP contribution in [0.2, 0.25) is 0 Å². The fraction of sp³-hybridized carbons (Fsp3) is 0.400. The summed E-state index contributed by atoms with van der Waals surface area (Å²) in [5.74, 6) is 2.86. The smallest absolute Gasteiger partial charge is 0.224 e. The monoisotopic (exact) mass is 483 g/mol. The van der Waals surface area contributed by atoms with Crippen LogP contribution in [-0.2, 0) is 12.5 Å². The zero-order chi connectivity index (χ0) is 24.8. The first-order valence-electron chi connectivity index (χ1n) is 14.4. The van der Waals surface area contributed by atoms with E-state index in [-0.39, 0.29) is 0 Å². The van der Waals surface area contributed by atoms with Gasteiger partial charge in [0.25, 0.3) is 0 Å². The second-order valence-electron chi connectivity index (χ2n) is 13.4. The van der Waals surface area contributed by atoms with Gasteiger partial charge in [0.05, 0.1) is 27.3 Å². The molecule has 6 aromatic rings. The van der Waals surface area contributed by atoms with Crippen LogP contribution < -0.4 is 4.57 Å². The van der Waals surface area contributed by atoms with Crippen molar-refractivity contribution in [3.8, 4) is 0 Å². The van der Waals surface area contributed by atoms with E-state index in [0.29, 0.717) is 5.41 Å². The highest BCUT2D eigenvalue weighted by Gasteiger charge is 2.51. The maximum atomic E-state index is 2.65. The molecule has 0 radical (unpaired) electrons. The van der Waals surface area contributed by atoms with E-state index in [4.69, 9.17) is 0 Å². The van der Waals surface area contributed by atoms with Crippen LogP contribution >= 0.6 is 0 Å². The van der Waals surface area contributed by atoms with Crippen LogP contribution in [0, 0.1) is 38.5 Å². The van der Waals surface area contributed by atoms with E-state index >= 15 is 0 Å². The number of nitrogens with zero attached hydrogens (tertiary/aromatic N) is 2. The van der Waals surface area contributed by atoms with Crippen molar-refractivity contribution >= 4 is 49.0 Å². The molecule has 4 aliphatic rings. The number of aryl methyl sites for hydroxylation is 4. The van der Waals surface area contributed by atoms with E-state index in [0.717, 1.165) is 17.8 Å². The molecule has 0 aliphatic heterocycles. The standard InChI is InChI=1S/C35H35N2/c1-19-5-6-29-27(9-19)28-10-20(2)21(3)31-33(28)37(29)30-15-26(14-25-7-8-36(4)34(31)32(25)30)35-16-22-11-23(17-35)13-24(12-22)18-35/h5-10,14-15,22-24H,11-13,16-18H2,1-4H3/q+1. The molecule has 0 spiro atoms. The minimum absolute atomic E-state index is 0.389. The van der Waals surface area contributed by atoms with Crippen molar-refractivity contribution in [2.24, 2.45) is 24.8 Å². The molecule has 0 atom stereocenters. The van der Waals surface area contributed by atoms with E-state index in [2.05, 4.69) is 85.4 Å². The average molecular weight is 484 g/mol. The van der Waals surface area contributed by atoms with Gasteiger partial charge in [-0.3, -0.25) is 0 Å². The number of benzene rings is 3. The van der Waals surface area contributed by atoms with Crippen LogP contribution in [-0.4, -0.2) is 4.40 Å². The zero-order valence-electron chi connectivity index (χ0n) is 22.5. The lowest BCUT2D eigenvalue weighted by atomic mass is 9.48. The van der Waals surface area contributed by atoms with Crippen LogP contribution in [0.15, 0.2) is 48.7 Å². The largest absolute Gasteiger partial charge is 0.307 e. The Kier molecular flexibility index (Phi) is 3.75. The van der Waals surface area contributed by atoms with Gasteiger partial charge in [0.2, 0.25) is 5.52 Å². The summed E-state index contributed by atoms with van der Waals surface area (Å²) in [5, 5.41) is 7.07. The second-order valence-corrected chi connectivity index (χ2v) is 13.4. The zero-order valence-corrected chi connectivity index (χ0v) is 22.5. The van der Waals surface area contributed by atoms with Gasteiger partial charge in [0, 0.05) is 16.8 Å². The van der Waals surface area contributed by atoms with E-state index in [9.17, 15) is 0 Å². The fourth-order valence-corrected chi connectivity index (χ4v) is 9.79. The molecule has 184 valence electrons. The Morgan fingerprint density at radius 2 is 1.51 bits per heavy atom. The minimum atomic E-state index is 0.389. The Bertz CT molecular complexity index is 1920. The molecule has 2 nitrogen and oxygen atoms in total. The second kappa shape index (κ2) is 6.65. The van der Waals surface area contributed by atoms with Crippen LogP contribution in [0.5, 0.6) is 0 Å². The van der Waals surface area contributed by atoms with Gasteiger partial charge in [0.1, 0.15) is 7.05 Å². The molecule has 4 bridgehead atoms. The van der Waals surface area contributed by atoms with Crippen molar-refractivity contribution in [3.05, 3.63) is 70.9 Å². The molecule has 4 saturated carbocycles. The van der Waals surface area contributed by atoms with Gasteiger partial charge in [-0.15, -0.1) is 0 Å². The average Bonchev–Trinajstić information content (AvgIpc) is 3.17. The predicted molar refractivity (Wildman–Crippen MR) is 154 cm³/mol. The van der Waals surface area contributed by atoms with Crippen molar-refractivity contribution in [2.45, 2.75) is 64.7 Å². The maximum Gasteiger partial charge on any atom is 0.224 e. The first kappa shape index (κ1) is 20.9. The molecule has 10 rings (SSSR count). The highest BCUT2D eigenvalue weighted by molar-refractivity contribution is 6.26. The van der Waals surface area contributed by atoms with Gasteiger partial charge in [-0.25, -0.2) is 4.57 Å². The fourth-order valence-electron chi connectivity index (χ4n) is 9.79. The summed E-state index contributed by atoms with van der Waals surface area (Å²) in [6, 6.07) is 17.2. The number of aromatic nitrogens is 2. The minimum Gasteiger partial charge on any atom is -0.307 e. The summed E-state index contributed by atoms with van der Waals surface area (Å²) in [7, 11) is 2.24. The topological polar surface area (TPSA) is 8.29 Å². The first-order valence-corrected chi connectivity index (χ1v) is 14.4. The summed E-state index contributed by atoms with van der Waals surface area (Å²) < 4.78 is 5.02. The lowest BCUT2D eigenvalue weighted by molar-refractivity contribution is -0.643. The van der Waals surface area contributed by atoms with Gasteiger partial charge in [-0.05, 0) is 135 Å². The van der Waals surface area contributed by atoms with Crippen LogP contribution in [0.1, 0.15) is 60.8 Å². The summed E-state index contributed by atoms with van der Waals surface area (Å²) in [5.41, 5.74) is 11.7.